The van der Waals surface area contributed by atoms with E-state index in [1.54, 1.807) is 22.8 Å². The molecule has 0 atom stereocenters. The summed E-state index contributed by atoms with van der Waals surface area (Å²) in [6.45, 7) is 3.01. The van der Waals surface area contributed by atoms with Gasteiger partial charge in [0.05, 0.1) is 17.4 Å². The van der Waals surface area contributed by atoms with E-state index < -0.39 is 0 Å². The number of amides is 1. The van der Waals surface area contributed by atoms with Crippen LogP contribution in [0.15, 0.2) is 82.7 Å². The molecule has 0 aliphatic heterocycles. The molecule has 0 aliphatic rings. The molecule has 33 heavy (non-hydrogen) atoms. The molecule has 3 aromatic carbocycles. The van der Waals surface area contributed by atoms with E-state index in [9.17, 15) is 9.59 Å². The molecule has 0 aliphatic carbocycles. The first kappa shape index (κ1) is 23.1. The van der Waals surface area contributed by atoms with Gasteiger partial charge in [0.1, 0.15) is 0 Å². The van der Waals surface area contributed by atoms with Crippen molar-refractivity contribution in [2.45, 2.75) is 30.8 Å². The molecule has 5 nitrogen and oxygen atoms in total. The smallest absolute Gasteiger partial charge is 0.262 e. The Morgan fingerprint density at radius 1 is 1.06 bits per heavy atom. The highest BCUT2D eigenvalue weighted by atomic mass is 35.5. The van der Waals surface area contributed by atoms with Crippen LogP contribution in [-0.2, 0) is 12.3 Å². The first-order valence-electron chi connectivity index (χ1n) is 10.8. The van der Waals surface area contributed by atoms with Gasteiger partial charge in [-0.05, 0) is 41.8 Å². The normalized spacial score (nSPS) is 11.0. The molecule has 0 saturated heterocycles. The molecule has 7 heteroatoms. The number of fused-ring (bicyclic) bond motifs is 1. The van der Waals surface area contributed by atoms with Gasteiger partial charge in [-0.2, -0.15) is 0 Å². The highest BCUT2D eigenvalue weighted by molar-refractivity contribution is 7.98. The van der Waals surface area contributed by atoms with Crippen molar-refractivity contribution >= 4 is 40.2 Å². The Labute approximate surface area is 201 Å². The molecule has 4 aromatic rings. The number of rotatable bonds is 8. The average molecular weight is 478 g/mol. The fourth-order valence-electron chi connectivity index (χ4n) is 3.46. The molecule has 0 fully saturated rings. The Kier molecular flexibility index (Phi) is 7.47. The Hall–Kier alpha value is -3.09. The van der Waals surface area contributed by atoms with Crippen LogP contribution in [0.25, 0.3) is 10.9 Å². The van der Waals surface area contributed by atoms with E-state index in [1.807, 2.05) is 61.5 Å². The zero-order chi connectivity index (χ0) is 23.2. The van der Waals surface area contributed by atoms with Crippen LogP contribution >= 0.6 is 23.4 Å². The number of hydrogen-bond acceptors (Lipinski definition) is 4. The van der Waals surface area contributed by atoms with Crippen molar-refractivity contribution in [2.24, 2.45) is 0 Å². The van der Waals surface area contributed by atoms with Gasteiger partial charge in [0, 0.05) is 22.9 Å². The van der Waals surface area contributed by atoms with Crippen molar-refractivity contribution in [3.8, 4) is 0 Å². The van der Waals surface area contributed by atoms with Crippen LogP contribution in [0, 0.1) is 0 Å². The Bertz CT molecular complexity index is 1340. The lowest BCUT2D eigenvalue weighted by Gasteiger charge is -2.14. The average Bonchev–Trinajstić information content (AvgIpc) is 2.84. The molecule has 1 amide bonds. The first-order valence-corrected chi connectivity index (χ1v) is 12.2. The van der Waals surface area contributed by atoms with Gasteiger partial charge >= 0.3 is 0 Å². The number of nitrogens with zero attached hydrogens (tertiary/aromatic N) is 2. The van der Waals surface area contributed by atoms with Gasteiger partial charge in [-0.15, -0.1) is 0 Å². The van der Waals surface area contributed by atoms with E-state index in [4.69, 9.17) is 16.6 Å². The van der Waals surface area contributed by atoms with Crippen LogP contribution in [0.2, 0.25) is 5.02 Å². The lowest BCUT2D eigenvalue weighted by Crippen LogP contribution is -2.26. The summed E-state index contributed by atoms with van der Waals surface area (Å²) in [6, 6.07) is 22.5. The highest BCUT2D eigenvalue weighted by Gasteiger charge is 2.15. The van der Waals surface area contributed by atoms with Crippen LogP contribution in [0.3, 0.4) is 0 Å². The van der Waals surface area contributed by atoms with Crippen molar-refractivity contribution in [3.05, 3.63) is 105 Å². The monoisotopic (exact) mass is 477 g/mol. The predicted octanol–water partition coefficient (Wildman–Crippen LogP) is 5.53. The Balaban J connectivity index is 1.76. The summed E-state index contributed by atoms with van der Waals surface area (Å²) in [4.78, 5) is 30.7. The summed E-state index contributed by atoms with van der Waals surface area (Å²) in [5.41, 5.74) is 2.85. The van der Waals surface area contributed by atoms with Gasteiger partial charge < -0.3 is 5.32 Å². The number of hydrogen-bond donors (Lipinski definition) is 1. The zero-order valence-electron chi connectivity index (χ0n) is 18.3. The molecular weight excluding hydrogens is 454 g/mol. The number of aromatic nitrogens is 2. The minimum atomic E-state index is -0.167. The van der Waals surface area contributed by atoms with Crippen molar-refractivity contribution in [2.75, 3.05) is 6.54 Å². The number of carbonyl (C=O) groups is 1. The van der Waals surface area contributed by atoms with Gasteiger partial charge in [0.15, 0.2) is 5.16 Å². The minimum absolute atomic E-state index is 0.133. The topological polar surface area (TPSA) is 64.0 Å². The fourth-order valence-corrected chi connectivity index (χ4v) is 4.74. The molecule has 1 N–H and O–H groups in total. The van der Waals surface area contributed by atoms with E-state index >= 15 is 0 Å². The molecule has 0 radical (unpaired) electrons. The van der Waals surface area contributed by atoms with Crippen molar-refractivity contribution in [1.82, 2.24) is 14.9 Å². The third-order valence-electron chi connectivity index (χ3n) is 5.22. The second-order valence-electron chi connectivity index (χ2n) is 7.64. The van der Waals surface area contributed by atoms with Crippen LogP contribution in [0.1, 0.15) is 34.8 Å². The number of nitrogens with one attached hydrogen (secondary N) is 1. The molecule has 4 rings (SSSR count). The Morgan fingerprint density at radius 2 is 1.82 bits per heavy atom. The summed E-state index contributed by atoms with van der Waals surface area (Å²) in [7, 11) is 0. The third kappa shape index (κ3) is 5.46. The maximum atomic E-state index is 13.5. The molecule has 168 valence electrons. The summed E-state index contributed by atoms with van der Waals surface area (Å²) in [6.07, 6.45) is 0.852. The molecule has 1 heterocycles. The largest absolute Gasteiger partial charge is 0.352 e. The van der Waals surface area contributed by atoms with Crippen LogP contribution in [0.4, 0.5) is 0 Å². The second kappa shape index (κ2) is 10.7. The lowest BCUT2D eigenvalue weighted by molar-refractivity contribution is 0.0954. The van der Waals surface area contributed by atoms with Gasteiger partial charge in [-0.1, -0.05) is 78.8 Å². The molecular formula is C26H24ClN3O2S. The zero-order valence-corrected chi connectivity index (χ0v) is 19.8. The molecule has 0 spiro atoms. The highest BCUT2D eigenvalue weighted by Crippen LogP contribution is 2.26. The quantitative estimate of drug-likeness (QED) is 0.267. The van der Waals surface area contributed by atoms with Crippen LogP contribution in [0.5, 0.6) is 0 Å². The molecule has 0 saturated carbocycles. The fraction of sp³-hybridized carbons (Fsp3) is 0.192. The van der Waals surface area contributed by atoms with Gasteiger partial charge in [0.2, 0.25) is 0 Å². The van der Waals surface area contributed by atoms with Gasteiger partial charge in [0.25, 0.3) is 11.5 Å². The molecule has 1 aromatic heterocycles. The maximum absolute atomic E-state index is 13.5. The number of halogens is 1. The van der Waals surface area contributed by atoms with Gasteiger partial charge in [-0.3, -0.25) is 14.2 Å². The standard InChI is InChI=1S/C26H24ClN3O2S/c1-2-14-28-24(31)19-12-13-21-23(15-19)29-26(33-17-20-10-6-7-11-22(20)27)30(25(21)32)16-18-8-4-3-5-9-18/h3-13,15H,2,14,16-17H2,1H3,(H,28,31). The number of benzene rings is 3. The summed E-state index contributed by atoms with van der Waals surface area (Å²) in [5.74, 6) is 0.405. The van der Waals surface area contributed by atoms with E-state index in [0.29, 0.717) is 45.5 Å². The molecule has 0 unspecified atom stereocenters. The Morgan fingerprint density at radius 3 is 2.58 bits per heavy atom. The molecule has 0 bridgehead atoms. The van der Waals surface area contributed by atoms with Crippen molar-refractivity contribution in [3.63, 3.8) is 0 Å². The van der Waals surface area contributed by atoms with Crippen molar-refractivity contribution < 1.29 is 4.79 Å². The van der Waals surface area contributed by atoms with E-state index in [1.165, 1.54) is 11.8 Å². The van der Waals surface area contributed by atoms with E-state index in [2.05, 4.69) is 5.32 Å². The maximum Gasteiger partial charge on any atom is 0.262 e. The third-order valence-corrected chi connectivity index (χ3v) is 6.61. The van der Waals surface area contributed by atoms with E-state index in [-0.39, 0.29) is 11.5 Å². The number of carbonyl (C=O) groups excluding carboxylic acids is 1. The number of thioether (sulfide) groups is 1. The summed E-state index contributed by atoms with van der Waals surface area (Å²) < 4.78 is 1.69. The van der Waals surface area contributed by atoms with Gasteiger partial charge in [-0.25, -0.2) is 4.98 Å². The summed E-state index contributed by atoms with van der Waals surface area (Å²) in [5, 5.41) is 4.62. The van der Waals surface area contributed by atoms with Crippen LogP contribution < -0.4 is 10.9 Å². The van der Waals surface area contributed by atoms with Crippen molar-refractivity contribution in [1.29, 1.82) is 0 Å². The summed E-state index contributed by atoms with van der Waals surface area (Å²) >= 11 is 7.79. The predicted molar refractivity (Wildman–Crippen MR) is 135 cm³/mol. The van der Waals surface area contributed by atoms with Crippen LogP contribution in [-0.4, -0.2) is 22.0 Å². The lowest BCUT2D eigenvalue weighted by atomic mass is 10.1. The SMILES string of the molecule is CCCNC(=O)c1ccc2c(=O)n(Cc3ccccc3)c(SCc3ccccc3Cl)nc2c1. The minimum Gasteiger partial charge on any atom is -0.352 e. The second-order valence-corrected chi connectivity index (χ2v) is 8.99. The van der Waals surface area contributed by atoms with E-state index in [0.717, 1.165) is 17.5 Å². The first-order chi connectivity index (χ1) is 16.1.